The first kappa shape index (κ1) is 8.89. The molecular formula is C8H8N4OS. The first-order valence-corrected chi connectivity index (χ1v) is 4.81. The number of aromatic nitrogens is 3. The zero-order valence-electron chi connectivity index (χ0n) is 7.44. The summed E-state index contributed by atoms with van der Waals surface area (Å²) in [6, 6.07) is 3.29. The van der Waals surface area contributed by atoms with Crippen molar-refractivity contribution in [3.8, 4) is 10.6 Å². The maximum atomic E-state index is 11.0. The van der Waals surface area contributed by atoms with E-state index >= 15 is 0 Å². The van der Waals surface area contributed by atoms with Gasteiger partial charge in [-0.1, -0.05) is 11.3 Å². The molecule has 0 bridgehead atoms. The van der Waals surface area contributed by atoms with E-state index in [1.165, 1.54) is 17.4 Å². The molecule has 0 spiro atoms. The number of nitrogens with zero attached hydrogens (tertiary/aromatic N) is 2. The van der Waals surface area contributed by atoms with Gasteiger partial charge in [0.1, 0.15) is 5.01 Å². The number of aromatic amines is 1. The largest absolute Gasteiger partial charge is 0.363 e. The van der Waals surface area contributed by atoms with E-state index in [1.54, 1.807) is 19.3 Å². The molecule has 0 radical (unpaired) electrons. The molecule has 2 aromatic heterocycles. The Hall–Kier alpha value is -1.69. The molecule has 0 amide bonds. The van der Waals surface area contributed by atoms with Crippen LogP contribution in [0, 0.1) is 0 Å². The fourth-order valence-electron chi connectivity index (χ4n) is 1.02. The van der Waals surface area contributed by atoms with E-state index < -0.39 is 0 Å². The number of nitrogens with one attached hydrogen (secondary N) is 2. The minimum absolute atomic E-state index is 0.135. The third kappa shape index (κ3) is 1.64. The predicted octanol–water partition coefficient (Wildman–Crippen LogP) is 0.935. The lowest BCUT2D eigenvalue weighted by molar-refractivity contribution is 1.09. The van der Waals surface area contributed by atoms with E-state index in [1.807, 2.05) is 0 Å². The van der Waals surface area contributed by atoms with Crippen molar-refractivity contribution in [1.29, 1.82) is 0 Å². The molecule has 2 heterocycles. The van der Waals surface area contributed by atoms with Crippen molar-refractivity contribution in [2.75, 3.05) is 12.4 Å². The van der Waals surface area contributed by atoms with Crippen LogP contribution in [-0.2, 0) is 0 Å². The molecule has 5 nitrogen and oxygen atoms in total. The Labute approximate surface area is 83.8 Å². The lowest BCUT2D eigenvalue weighted by Gasteiger charge is -1.91. The van der Waals surface area contributed by atoms with Crippen LogP contribution in [0.15, 0.2) is 23.1 Å². The summed E-state index contributed by atoms with van der Waals surface area (Å²) in [7, 11) is 1.78. The van der Waals surface area contributed by atoms with Crippen LogP contribution in [0.4, 0.5) is 5.13 Å². The monoisotopic (exact) mass is 208 g/mol. The average molecular weight is 208 g/mol. The van der Waals surface area contributed by atoms with Crippen LogP contribution >= 0.6 is 11.3 Å². The van der Waals surface area contributed by atoms with Gasteiger partial charge < -0.3 is 10.3 Å². The Balaban J connectivity index is 2.44. The molecule has 2 N–H and O–H groups in total. The molecule has 0 atom stereocenters. The molecule has 14 heavy (non-hydrogen) atoms. The summed E-state index contributed by atoms with van der Waals surface area (Å²) in [5.74, 6) is 0. The van der Waals surface area contributed by atoms with E-state index in [9.17, 15) is 4.79 Å². The van der Waals surface area contributed by atoms with Crippen LogP contribution < -0.4 is 10.9 Å². The second kappa shape index (κ2) is 3.59. The van der Waals surface area contributed by atoms with Crippen LogP contribution in [0.2, 0.25) is 0 Å². The summed E-state index contributed by atoms with van der Waals surface area (Å²) < 4.78 is 0. The number of H-pyrrole nitrogens is 1. The fraction of sp³-hybridized carbons (Fsp3) is 0.125. The summed E-state index contributed by atoms with van der Waals surface area (Å²) in [4.78, 5) is 13.6. The number of pyridine rings is 1. The van der Waals surface area contributed by atoms with E-state index in [4.69, 9.17) is 0 Å². The third-order valence-corrected chi connectivity index (χ3v) is 2.65. The molecule has 2 rings (SSSR count). The van der Waals surface area contributed by atoms with Crippen LogP contribution in [0.1, 0.15) is 0 Å². The van der Waals surface area contributed by atoms with Crippen molar-refractivity contribution >= 4 is 16.5 Å². The highest BCUT2D eigenvalue weighted by Gasteiger charge is 2.04. The van der Waals surface area contributed by atoms with Crippen molar-refractivity contribution in [2.24, 2.45) is 0 Å². The molecular weight excluding hydrogens is 200 g/mol. The van der Waals surface area contributed by atoms with Gasteiger partial charge in [-0.3, -0.25) is 4.79 Å². The molecule has 0 aliphatic heterocycles. The normalized spacial score (nSPS) is 10.1. The molecule has 2 aromatic rings. The Bertz CT molecular complexity index is 490. The second-order valence-corrected chi connectivity index (χ2v) is 3.58. The van der Waals surface area contributed by atoms with Gasteiger partial charge in [0.05, 0.1) is 0 Å². The molecule has 0 aliphatic carbocycles. The molecule has 0 unspecified atom stereocenters. The third-order valence-electron chi connectivity index (χ3n) is 1.66. The number of hydrogen-bond acceptors (Lipinski definition) is 5. The van der Waals surface area contributed by atoms with Crippen molar-refractivity contribution in [3.05, 3.63) is 28.7 Å². The van der Waals surface area contributed by atoms with Crippen molar-refractivity contribution in [1.82, 2.24) is 15.2 Å². The first-order valence-electron chi connectivity index (χ1n) is 4.00. The van der Waals surface area contributed by atoms with Gasteiger partial charge in [-0.25, -0.2) is 0 Å². The highest BCUT2D eigenvalue weighted by molar-refractivity contribution is 7.18. The number of rotatable bonds is 2. The number of hydrogen-bond donors (Lipinski definition) is 2. The fourth-order valence-corrected chi connectivity index (χ4v) is 1.71. The van der Waals surface area contributed by atoms with E-state index in [0.29, 0.717) is 0 Å². The lowest BCUT2D eigenvalue weighted by atomic mass is 10.3. The summed E-state index contributed by atoms with van der Waals surface area (Å²) in [5, 5.41) is 12.2. The van der Waals surface area contributed by atoms with Crippen LogP contribution in [-0.4, -0.2) is 22.2 Å². The maximum Gasteiger partial charge on any atom is 0.248 e. The minimum atomic E-state index is -0.135. The standard InChI is InChI=1S/C8H8N4OS/c1-9-8-12-11-7(14-8)5-2-3-10-6(13)4-5/h2-4H,1H3,(H,9,12)(H,10,13). The average Bonchev–Trinajstić information content (AvgIpc) is 2.66. The van der Waals surface area contributed by atoms with Crippen molar-refractivity contribution in [2.45, 2.75) is 0 Å². The van der Waals surface area contributed by atoms with Crippen LogP contribution in [0.3, 0.4) is 0 Å². The molecule has 0 aromatic carbocycles. The molecule has 0 aliphatic rings. The van der Waals surface area contributed by atoms with Gasteiger partial charge in [0.25, 0.3) is 0 Å². The summed E-state index contributed by atoms with van der Waals surface area (Å²) in [6.07, 6.45) is 1.60. The van der Waals surface area contributed by atoms with Crippen molar-refractivity contribution < 1.29 is 0 Å². The second-order valence-electron chi connectivity index (χ2n) is 2.60. The Morgan fingerprint density at radius 3 is 3.00 bits per heavy atom. The zero-order chi connectivity index (χ0) is 9.97. The van der Waals surface area contributed by atoms with E-state index in [0.717, 1.165) is 15.7 Å². The number of anilines is 1. The zero-order valence-corrected chi connectivity index (χ0v) is 8.26. The molecule has 6 heteroatoms. The van der Waals surface area contributed by atoms with Gasteiger partial charge >= 0.3 is 0 Å². The molecule has 0 fully saturated rings. The molecule has 0 saturated heterocycles. The van der Waals surface area contributed by atoms with E-state index in [-0.39, 0.29) is 5.56 Å². The van der Waals surface area contributed by atoms with Gasteiger partial charge in [-0.05, 0) is 6.07 Å². The molecule has 72 valence electrons. The predicted molar refractivity (Wildman–Crippen MR) is 55.5 cm³/mol. The Morgan fingerprint density at radius 2 is 2.36 bits per heavy atom. The van der Waals surface area contributed by atoms with Crippen molar-refractivity contribution in [3.63, 3.8) is 0 Å². The highest BCUT2D eigenvalue weighted by atomic mass is 32.1. The lowest BCUT2D eigenvalue weighted by Crippen LogP contribution is -2.01. The van der Waals surface area contributed by atoms with E-state index in [2.05, 4.69) is 20.5 Å². The quantitative estimate of drug-likeness (QED) is 0.770. The van der Waals surface area contributed by atoms with Gasteiger partial charge in [0.2, 0.25) is 10.7 Å². The van der Waals surface area contributed by atoms with Gasteiger partial charge in [0, 0.05) is 24.9 Å². The van der Waals surface area contributed by atoms with Crippen LogP contribution in [0.25, 0.3) is 10.6 Å². The topological polar surface area (TPSA) is 70.7 Å². The highest BCUT2D eigenvalue weighted by Crippen LogP contribution is 2.24. The summed E-state index contributed by atoms with van der Waals surface area (Å²) in [5.41, 5.74) is 0.649. The first-order chi connectivity index (χ1) is 6.79. The van der Waals surface area contributed by atoms with Gasteiger partial charge in [-0.15, -0.1) is 10.2 Å². The summed E-state index contributed by atoms with van der Waals surface area (Å²) in [6.45, 7) is 0. The Kier molecular flexibility index (Phi) is 2.28. The SMILES string of the molecule is CNc1nnc(-c2cc[nH]c(=O)c2)s1. The summed E-state index contributed by atoms with van der Waals surface area (Å²) >= 11 is 1.41. The van der Waals surface area contributed by atoms with Crippen LogP contribution in [0.5, 0.6) is 0 Å². The smallest absolute Gasteiger partial charge is 0.248 e. The molecule has 0 saturated carbocycles. The Morgan fingerprint density at radius 1 is 1.50 bits per heavy atom. The maximum absolute atomic E-state index is 11.0. The minimum Gasteiger partial charge on any atom is -0.363 e. The van der Waals surface area contributed by atoms with Gasteiger partial charge in [-0.2, -0.15) is 0 Å². The van der Waals surface area contributed by atoms with Gasteiger partial charge in [0.15, 0.2) is 0 Å².